The number of ether oxygens (including phenoxy) is 1. The number of aromatic nitrogens is 1. The van der Waals surface area contributed by atoms with Gasteiger partial charge in [-0.3, -0.25) is 4.98 Å². The lowest BCUT2D eigenvalue weighted by atomic mass is 9.98. The van der Waals surface area contributed by atoms with Crippen LogP contribution in [-0.4, -0.2) is 24.2 Å². The summed E-state index contributed by atoms with van der Waals surface area (Å²) in [7, 11) is 0. The number of pyridine rings is 1. The van der Waals surface area contributed by atoms with Gasteiger partial charge in [0.15, 0.2) is 0 Å². The van der Waals surface area contributed by atoms with E-state index in [1.807, 2.05) is 0 Å². The molecule has 2 rings (SSSR count). The van der Waals surface area contributed by atoms with Crippen molar-refractivity contribution >= 4 is 0 Å². The molecule has 106 valence electrons. The molecule has 0 amide bonds. The zero-order valence-corrected chi connectivity index (χ0v) is 12.4. The van der Waals surface area contributed by atoms with Crippen molar-refractivity contribution in [3.63, 3.8) is 0 Å². The first kappa shape index (κ1) is 14.5. The topological polar surface area (TPSA) is 34.1 Å². The van der Waals surface area contributed by atoms with Gasteiger partial charge in [-0.05, 0) is 63.8 Å². The van der Waals surface area contributed by atoms with Gasteiger partial charge in [0.25, 0.3) is 0 Å². The molecule has 0 aliphatic carbocycles. The van der Waals surface area contributed by atoms with Crippen LogP contribution in [0.15, 0.2) is 12.1 Å². The first-order valence-corrected chi connectivity index (χ1v) is 7.49. The largest absolute Gasteiger partial charge is 0.378 e. The van der Waals surface area contributed by atoms with Gasteiger partial charge in [0.05, 0.1) is 6.10 Å². The maximum absolute atomic E-state index is 5.72. The molecule has 1 aromatic heterocycles. The van der Waals surface area contributed by atoms with E-state index in [0.717, 1.165) is 37.4 Å². The van der Waals surface area contributed by atoms with Crippen molar-refractivity contribution in [1.82, 2.24) is 10.3 Å². The van der Waals surface area contributed by atoms with Gasteiger partial charge in [-0.25, -0.2) is 0 Å². The van der Waals surface area contributed by atoms with Crippen LogP contribution >= 0.6 is 0 Å². The predicted octanol–water partition coefficient (Wildman–Crippen LogP) is 3.31. The summed E-state index contributed by atoms with van der Waals surface area (Å²) in [6.07, 6.45) is 5.22. The molecule has 2 atom stereocenters. The maximum atomic E-state index is 5.72. The fourth-order valence-corrected chi connectivity index (χ4v) is 2.93. The summed E-state index contributed by atoms with van der Waals surface area (Å²) in [5.41, 5.74) is 3.58. The van der Waals surface area contributed by atoms with Crippen LogP contribution in [-0.2, 0) is 4.74 Å². The highest BCUT2D eigenvalue weighted by Gasteiger charge is 2.18. The molecule has 0 radical (unpaired) electrons. The monoisotopic (exact) mass is 262 g/mol. The minimum Gasteiger partial charge on any atom is -0.378 e. The summed E-state index contributed by atoms with van der Waals surface area (Å²) >= 11 is 0. The Morgan fingerprint density at radius 1 is 1.37 bits per heavy atom. The number of nitrogens with zero attached hydrogens (tertiary/aromatic N) is 1. The zero-order chi connectivity index (χ0) is 13.7. The Morgan fingerprint density at radius 3 is 2.68 bits per heavy atom. The molecule has 1 aliphatic rings. The standard InChI is InChI=1S/C16H26N2O/c1-4-17-16(8-7-15-6-5-9-19-15)14-10-12(2)18-13(3)11-14/h10-11,15-17H,4-9H2,1-3H3. The summed E-state index contributed by atoms with van der Waals surface area (Å²) in [6, 6.07) is 4.83. The third-order valence-electron chi connectivity index (χ3n) is 3.76. The Kier molecular flexibility index (Phi) is 5.34. The highest BCUT2D eigenvalue weighted by Crippen LogP contribution is 2.24. The molecule has 2 heterocycles. The van der Waals surface area contributed by atoms with Crippen LogP contribution in [0.4, 0.5) is 0 Å². The van der Waals surface area contributed by atoms with E-state index >= 15 is 0 Å². The molecule has 3 heteroatoms. The molecule has 3 nitrogen and oxygen atoms in total. The van der Waals surface area contributed by atoms with Crippen LogP contribution in [0.3, 0.4) is 0 Å². The number of aryl methyl sites for hydroxylation is 2. The molecule has 1 aromatic rings. The van der Waals surface area contributed by atoms with Gasteiger partial charge >= 0.3 is 0 Å². The van der Waals surface area contributed by atoms with E-state index in [4.69, 9.17) is 4.74 Å². The van der Waals surface area contributed by atoms with Gasteiger partial charge in [0, 0.05) is 24.0 Å². The third kappa shape index (κ3) is 4.29. The normalized spacial score (nSPS) is 20.7. The third-order valence-corrected chi connectivity index (χ3v) is 3.76. The SMILES string of the molecule is CCNC(CCC1CCCO1)c1cc(C)nc(C)c1. The lowest BCUT2D eigenvalue weighted by molar-refractivity contribution is 0.0996. The minimum atomic E-state index is 0.426. The van der Waals surface area contributed by atoms with Crippen LogP contribution < -0.4 is 5.32 Å². The van der Waals surface area contributed by atoms with Gasteiger partial charge in [0.1, 0.15) is 0 Å². The van der Waals surface area contributed by atoms with E-state index < -0.39 is 0 Å². The Labute approximate surface area is 116 Å². The van der Waals surface area contributed by atoms with Gasteiger partial charge in [0.2, 0.25) is 0 Å². The maximum Gasteiger partial charge on any atom is 0.0576 e. The average molecular weight is 262 g/mol. The lowest BCUT2D eigenvalue weighted by Crippen LogP contribution is -2.22. The van der Waals surface area contributed by atoms with Crippen LogP contribution in [0.1, 0.15) is 55.6 Å². The van der Waals surface area contributed by atoms with Crippen LogP contribution in [0.25, 0.3) is 0 Å². The molecule has 0 aromatic carbocycles. The van der Waals surface area contributed by atoms with Crippen molar-refractivity contribution in [2.75, 3.05) is 13.2 Å². The number of hydrogen-bond donors (Lipinski definition) is 1. The molecule has 19 heavy (non-hydrogen) atoms. The Bertz CT molecular complexity index is 379. The van der Waals surface area contributed by atoms with Crippen molar-refractivity contribution in [2.45, 2.75) is 58.6 Å². The molecule has 0 bridgehead atoms. The summed E-state index contributed by atoms with van der Waals surface area (Å²) in [6.45, 7) is 8.25. The molecule has 1 fully saturated rings. The Hall–Kier alpha value is -0.930. The van der Waals surface area contributed by atoms with Crippen LogP contribution in [0.2, 0.25) is 0 Å². The van der Waals surface area contributed by atoms with E-state index in [-0.39, 0.29) is 0 Å². The lowest BCUT2D eigenvalue weighted by Gasteiger charge is -2.21. The van der Waals surface area contributed by atoms with E-state index in [2.05, 4.69) is 43.2 Å². The van der Waals surface area contributed by atoms with Gasteiger partial charge < -0.3 is 10.1 Å². The van der Waals surface area contributed by atoms with Crippen molar-refractivity contribution < 1.29 is 4.74 Å². The van der Waals surface area contributed by atoms with Gasteiger partial charge in [-0.2, -0.15) is 0 Å². The first-order chi connectivity index (χ1) is 9.19. The smallest absolute Gasteiger partial charge is 0.0576 e. The fraction of sp³-hybridized carbons (Fsp3) is 0.688. The van der Waals surface area contributed by atoms with Crippen molar-refractivity contribution in [3.8, 4) is 0 Å². The minimum absolute atomic E-state index is 0.426. The average Bonchev–Trinajstić information content (AvgIpc) is 2.86. The van der Waals surface area contributed by atoms with E-state index in [1.165, 1.54) is 18.4 Å². The molecular formula is C16H26N2O. The Morgan fingerprint density at radius 2 is 2.11 bits per heavy atom. The summed E-state index contributed by atoms with van der Waals surface area (Å²) < 4.78 is 5.72. The van der Waals surface area contributed by atoms with Crippen LogP contribution in [0, 0.1) is 13.8 Å². The fourth-order valence-electron chi connectivity index (χ4n) is 2.93. The second-order valence-electron chi connectivity index (χ2n) is 5.51. The number of nitrogens with one attached hydrogen (secondary N) is 1. The molecule has 2 unspecified atom stereocenters. The van der Waals surface area contributed by atoms with Crippen molar-refractivity contribution in [3.05, 3.63) is 29.1 Å². The highest BCUT2D eigenvalue weighted by molar-refractivity contribution is 5.23. The molecular weight excluding hydrogens is 236 g/mol. The summed E-state index contributed by atoms with van der Waals surface area (Å²) in [5.74, 6) is 0. The molecule has 0 spiro atoms. The summed E-state index contributed by atoms with van der Waals surface area (Å²) in [5, 5.41) is 3.59. The molecule has 1 aliphatic heterocycles. The van der Waals surface area contributed by atoms with E-state index in [0.29, 0.717) is 12.1 Å². The van der Waals surface area contributed by atoms with Gasteiger partial charge in [-0.1, -0.05) is 6.92 Å². The van der Waals surface area contributed by atoms with Crippen molar-refractivity contribution in [1.29, 1.82) is 0 Å². The zero-order valence-electron chi connectivity index (χ0n) is 12.4. The molecule has 1 N–H and O–H groups in total. The summed E-state index contributed by atoms with van der Waals surface area (Å²) in [4.78, 5) is 4.46. The van der Waals surface area contributed by atoms with E-state index in [9.17, 15) is 0 Å². The van der Waals surface area contributed by atoms with Crippen LogP contribution in [0.5, 0.6) is 0 Å². The highest BCUT2D eigenvalue weighted by atomic mass is 16.5. The predicted molar refractivity (Wildman–Crippen MR) is 78.3 cm³/mol. The van der Waals surface area contributed by atoms with Gasteiger partial charge in [-0.15, -0.1) is 0 Å². The molecule has 0 saturated carbocycles. The van der Waals surface area contributed by atoms with E-state index in [1.54, 1.807) is 0 Å². The second kappa shape index (κ2) is 7.01. The quantitative estimate of drug-likeness (QED) is 0.854. The number of rotatable bonds is 6. The molecule has 1 saturated heterocycles. The second-order valence-corrected chi connectivity index (χ2v) is 5.51. The van der Waals surface area contributed by atoms with Crippen molar-refractivity contribution in [2.24, 2.45) is 0 Å². The Balaban J connectivity index is 2.00. The first-order valence-electron chi connectivity index (χ1n) is 7.49. The number of hydrogen-bond acceptors (Lipinski definition) is 3.